The third-order valence-electron chi connectivity index (χ3n) is 5.74. The molecular weight excluding hydrogens is 336 g/mol. The first-order valence-electron chi connectivity index (χ1n) is 9.81. The van der Waals surface area contributed by atoms with Gasteiger partial charge in [0, 0.05) is 6.42 Å². The highest BCUT2D eigenvalue weighted by Crippen LogP contribution is 2.33. The van der Waals surface area contributed by atoms with Gasteiger partial charge >= 0.3 is 0 Å². The van der Waals surface area contributed by atoms with Gasteiger partial charge in [-0.15, -0.1) is 0 Å². The number of benzene rings is 2. The molecule has 0 unspecified atom stereocenters. The molecule has 0 bridgehead atoms. The molecule has 1 atom stereocenters. The standard InChI is InChI=1S/C23H30N2O2/c1-18(24-22(26)17-19-13-15-25(2)16-14-19)23(27,20-9-5-3-6-10-20)21-11-7-4-8-12-21/h3-12,18-19,27H,13-17H2,1-2H3,(H,24,26)/t18-/m1/s1. The van der Waals surface area contributed by atoms with Gasteiger partial charge in [-0.2, -0.15) is 0 Å². The summed E-state index contributed by atoms with van der Waals surface area (Å²) < 4.78 is 0. The molecule has 3 rings (SSSR count). The number of hydrogen-bond acceptors (Lipinski definition) is 3. The van der Waals surface area contributed by atoms with Gasteiger partial charge in [-0.25, -0.2) is 0 Å². The van der Waals surface area contributed by atoms with E-state index in [4.69, 9.17) is 0 Å². The highest BCUT2D eigenvalue weighted by atomic mass is 16.3. The zero-order valence-corrected chi connectivity index (χ0v) is 16.3. The first-order chi connectivity index (χ1) is 13.0. The zero-order valence-electron chi connectivity index (χ0n) is 16.3. The molecule has 1 fully saturated rings. The van der Waals surface area contributed by atoms with Crippen molar-refractivity contribution in [2.45, 2.75) is 37.8 Å². The van der Waals surface area contributed by atoms with Crippen LogP contribution in [0.25, 0.3) is 0 Å². The van der Waals surface area contributed by atoms with Crippen molar-refractivity contribution in [2.24, 2.45) is 5.92 Å². The fraction of sp³-hybridized carbons (Fsp3) is 0.435. The van der Waals surface area contributed by atoms with Gasteiger partial charge in [-0.3, -0.25) is 4.79 Å². The zero-order chi connectivity index (χ0) is 19.3. The van der Waals surface area contributed by atoms with E-state index < -0.39 is 11.6 Å². The maximum atomic E-state index is 12.7. The van der Waals surface area contributed by atoms with Gasteiger partial charge in [0.15, 0.2) is 0 Å². The average Bonchev–Trinajstić information content (AvgIpc) is 2.70. The van der Waals surface area contributed by atoms with E-state index in [0.717, 1.165) is 37.1 Å². The van der Waals surface area contributed by atoms with Crippen molar-refractivity contribution in [3.05, 3.63) is 71.8 Å². The Balaban J connectivity index is 1.76. The van der Waals surface area contributed by atoms with E-state index in [2.05, 4.69) is 17.3 Å². The van der Waals surface area contributed by atoms with Gasteiger partial charge in [0.05, 0.1) is 6.04 Å². The van der Waals surface area contributed by atoms with E-state index in [9.17, 15) is 9.90 Å². The lowest BCUT2D eigenvalue weighted by Crippen LogP contribution is -2.50. The molecule has 144 valence electrons. The fourth-order valence-corrected chi connectivity index (χ4v) is 3.98. The number of hydrogen-bond donors (Lipinski definition) is 2. The molecule has 2 aromatic carbocycles. The topological polar surface area (TPSA) is 52.6 Å². The van der Waals surface area contributed by atoms with Crippen LogP contribution in [0.3, 0.4) is 0 Å². The van der Waals surface area contributed by atoms with E-state index in [1.165, 1.54) is 0 Å². The Bertz CT molecular complexity index is 685. The van der Waals surface area contributed by atoms with Gasteiger partial charge in [0.1, 0.15) is 5.60 Å². The van der Waals surface area contributed by atoms with Crippen molar-refractivity contribution >= 4 is 5.91 Å². The highest BCUT2D eigenvalue weighted by molar-refractivity contribution is 5.76. The molecule has 4 heteroatoms. The first-order valence-corrected chi connectivity index (χ1v) is 9.81. The van der Waals surface area contributed by atoms with Crippen LogP contribution >= 0.6 is 0 Å². The lowest BCUT2D eigenvalue weighted by molar-refractivity contribution is -0.124. The quantitative estimate of drug-likeness (QED) is 0.826. The van der Waals surface area contributed by atoms with Crippen molar-refractivity contribution in [1.82, 2.24) is 10.2 Å². The van der Waals surface area contributed by atoms with E-state index >= 15 is 0 Å². The molecule has 4 nitrogen and oxygen atoms in total. The summed E-state index contributed by atoms with van der Waals surface area (Å²) in [6, 6.07) is 18.7. The third kappa shape index (κ3) is 4.57. The molecule has 2 N–H and O–H groups in total. The molecule has 1 saturated heterocycles. The molecule has 0 aliphatic carbocycles. The number of likely N-dealkylation sites (tertiary alicyclic amines) is 1. The highest BCUT2D eigenvalue weighted by Gasteiger charge is 2.38. The number of nitrogens with zero attached hydrogens (tertiary/aromatic N) is 1. The summed E-state index contributed by atoms with van der Waals surface area (Å²) >= 11 is 0. The molecular formula is C23H30N2O2. The number of nitrogens with one attached hydrogen (secondary N) is 1. The smallest absolute Gasteiger partial charge is 0.220 e. The largest absolute Gasteiger partial charge is 0.378 e. The maximum absolute atomic E-state index is 12.7. The second kappa shape index (κ2) is 8.68. The van der Waals surface area contributed by atoms with Crippen LogP contribution in [0.5, 0.6) is 0 Å². The molecule has 27 heavy (non-hydrogen) atoms. The average molecular weight is 367 g/mol. The van der Waals surface area contributed by atoms with E-state index in [0.29, 0.717) is 12.3 Å². The summed E-state index contributed by atoms with van der Waals surface area (Å²) in [5.74, 6) is 0.442. The summed E-state index contributed by atoms with van der Waals surface area (Å²) in [6.07, 6.45) is 2.64. The van der Waals surface area contributed by atoms with E-state index in [-0.39, 0.29) is 5.91 Å². The molecule has 0 aromatic heterocycles. The van der Waals surface area contributed by atoms with Gasteiger partial charge in [-0.05, 0) is 56.9 Å². The monoisotopic (exact) mass is 366 g/mol. The van der Waals surface area contributed by atoms with Crippen LogP contribution in [0, 0.1) is 5.92 Å². The van der Waals surface area contributed by atoms with Crippen molar-refractivity contribution in [2.75, 3.05) is 20.1 Å². The maximum Gasteiger partial charge on any atom is 0.220 e. The summed E-state index contributed by atoms with van der Waals surface area (Å²) in [5, 5.41) is 14.8. The van der Waals surface area contributed by atoms with Crippen molar-refractivity contribution in [3.63, 3.8) is 0 Å². The molecule has 1 aliphatic rings. The predicted octanol–water partition coefficient (Wildman–Crippen LogP) is 3.16. The lowest BCUT2D eigenvalue weighted by atomic mass is 9.80. The molecule has 2 aromatic rings. The predicted molar refractivity (Wildman–Crippen MR) is 108 cm³/mol. The Labute approximate surface area is 162 Å². The SMILES string of the molecule is C[C@@H](NC(=O)CC1CCN(C)CC1)C(O)(c1ccccc1)c1ccccc1. The second-order valence-corrected chi connectivity index (χ2v) is 7.74. The summed E-state index contributed by atoms with van der Waals surface area (Å²) in [5.41, 5.74) is 0.289. The third-order valence-corrected chi connectivity index (χ3v) is 5.74. The lowest BCUT2D eigenvalue weighted by Gasteiger charge is -2.36. The van der Waals surface area contributed by atoms with Crippen LogP contribution in [-0.4, -0.2) is 42.1 Å². The van der Waals surface area contributed by atoms with Crippen molar-refractivity contribution in [1.29, 1.82) is 0 Å². The Morgan fingerprint density at radius 2 is 1.56 bits per heavy atom. The van der Waals surface area contributed by atoms with Crippen LogP contribution in [0.4, 0.5) is 0 Å². The first kappa shape index (κ1) is 19.6. The van der Waals surface area contributed by atoms with Gasteiger partial charge in [-0.1, -0.05) is 60.7 Å². The molecule has 0 saturated carbocycles. The van der Waals surface area contributed by atoms with E-state index in [1.54, 1.807) is 0 Å². The van der Waals surface area contributed by atoms with E-state index in [1.807, 2.05) is 67.6 Å². The minimum atomic E-state index is -1.27. The number of piperidine rings is 1. The minimum Gasteiger partial charge on any atom is -0.378 e. The summed E-state index contributed by atoms with van der Waals surface area (Å²) in [4.78, 5) is 15.0. The summed E-state index contributed by atoms with van der Waals surface area (Å²) in [6.45, 7) is 3.98. The number of carbonyl (C=O) groups is 1. The van der Waals surface area contributed by atoms with Crippen molar-refractivity contribution < 1.29 is 9.90 Å². The molecule has 1 amide bonds. The van der Waals surface area contributed by atoms with Crippen molar-refractivity contribution in [3.8, 4) is 0 Å². The number of rotatable bonds is 6. The Morgan fingerprint density at radius 3 is 2.04 bits per heavy atom. The fourth-order valence-electron chi connectivity index (χ4n) is 3.98. The molecule has 0 spiro atoms. The van der Waals surface area contributed by atoms with Crippen LogP contribution < -0.4 is 5.32 Å². The van der Waals surface area contributed by atoms with Crippen LogP contribution in [0.2, 0.25) is 0 Å². The minimum absolute atomic E-state index is 0.0161. The van der Waals surface area contributed by atoms with Crippen LogP contribution in [0.15, 0.2) is 60.7 Å². The van der Waals surface area contributed by atoms with Gasteiger partial charge in [0.25, 0.3) is 0 Å². The Morgan fingerprint density at radius 1 is 1.07 bits per heavy atom. The van der Waals surface area contributed by atoms with Gasteiger partial charge in [0.2, 0.25) is 5.91 Å². The molecule has 1 heterocycles. The number of amides is 1. The normalized spacial score (nSPS) is 17.4. The van der Waals surface area contributed by atoms with Gasteiger partial charge < -0.3 is 15.3 Å². The number of carbonyl (C=O) groups excluding carboxylic acids is 1. The molecule has 1 aliphatic heterocycles. The summed E-state index contributed by atoms with van der Waals surface area (Å²) in [7, 11) is 2.12. The second-order valence-electron chi connectivity index (χ2n) is 7.74. The van der Waals surface area contributed by atoms with Crippen LogP contribution in [-0.2, 0) is 10.4 Å². The molecule has 0 radical (unpaired) electrons. The Kier molecular flexibility index (Phi) is 6.30. The van der Waals surface area contributed by atoms with Crippen LogP contribution in [0.1, 0.15) is 37.3 Å². The Hall–Kier alpha value is -2.17. The number of aliphatic hydroxyl groups is 1.